The molecule has 0 spiro atoms. The van der Waals surface area contributed by atoms with E-state index >= 15 is 0 Å². The van der Waals surface area contributed by atoms with E-state index in [9.17, 15) is 4.79 Å². The molecule has 34 heavy (non-hydrogen) atoms. The van der Waals surface area contributed by atoms with E-state index in [4.69, 9.17) is 14.5 Å². The molecular weight excluding hydrogens is 466 g/mol. The van der Waals surface area contributed by atoms with Crippen molar-refractivity contribution in [2.75, 3.05) is 25.6 Å². The quantitative estimate of drug-likeness (QED) is 0.352. The normalized spacial score (nSPS) is 13.8. The molecule has 0 unspecified atom stereocenters. The van der Waals surface area contributed by atoms with Crippen molar-refractivity contribution >= 4 is 43.8 Å². The number of nitrogens with one attached hydrogen (secondary N) is 1. The lowest BCUT2D eigenvalue weighted by Gasteiger charge is -2.30. The number of thiophene rings is 1. The number of carbonyl (C=O) groups excluding carboxylic acids is 1. The van der Waals surface area contributed by atoms with Crippen LogP contribution in [0.5, 0.6) is 11.5 Å². The van der Waals surface area contributed by atoms with Crippen molar-refractivity contribution < 1.29 is 14.3 Å². The lowest BCUT2D eigenvalue weighted by molar-refractivity contribution is -0.118. The molecule has 6 nitrogen and oxygen atoms in total. The van der Waals surface area contributed by atoms with E-state index in [-0.39, 0.29) is 12.5 Å². The molecular formula is C26H27N3O3S2. The Bertz CT molecular complexity index is 1300. The summed E-state index contributed by atoms with van der Waals surface area (Å²) in [5.41, 5.74) is 3.37. The van der Waals surface area contributed by atoms with Gasteiger partial charge in [-0.2, -0.15) is 0 Å². The summed E-state index contributed by atoms with van der Waals surface area (Å²) in [6.45, 7) is 6.28. The van der Waals surface area contributed by atoms with Crippen LogP contribution in [0.3, 0.4) is 0 Å². The number of methoxy groups -OCH3 is 1. The predicted octanol–water partition coefficient (Wildman–Crippen LogP) is 5.82. The first-order valence-corrected chi connectivity index (χ1v) is 13.0. The molecule has 0 saturated carbocycles. The second-order valence-electron chi connectivity index (χ2n) is 8.52. The highest BCUT2D eigenvalue weighted by Crippen LogP contribution is 2.45. The van der Waals surface area contributed by atoms with Gasteiger partial charge in [0.2, 0.25) is 0 Å². The Labute approximate surface area is 207 Å². The highest BCUT2D eigenvalue weighted by Gasteiger charge is 2.28. The van der Waals surface area contributed by atoms with Gasteiger partial charge >= 0.3 is 0 Å². The molecule has 3 heterocycles. The van der Waals surface area contributed by atoms with Crippen molar-refractivity contribution in [3.63, 3.8) is 0 Å². The van der Waals surface area contributed by atoms with Crippen molar-refractivity contribution in [3.8, 4) is 22.1 Å². The monoisotopic (exact) mass is 493 g/mol. The van der Waals surface area contributed by atoms with Gasteiger partial charge in [-0.25, -0.2) is 4.98 Å². The van der Waals surface area contributed by atoms with E-state index in [1.54, 1.807) is 35.8 Å². The van der Waals surface area contributed by atoms with Gasteiger partial charge in [-0.3, -0.25) is 9.69 Å². The Morgan fingerprint density at radius 3 is 2.76 bits per heavy atom. The van der Waals surface area contributed by atoms with Gasteiger partial charge in [-0.05, 0) is 50.1 Å². The number of thiazole rings is 1. The molecule has 5 rings (SSSR count). The first kappa shape index (κ1) is 22.8. The van der Waals surface area contributed by atoms with Crippen molar-refractivity contribution in [1.29, 1.82) is 0 Å². The first-order chi connectivity index (χ1) is 16.5. The Morgan fingerprint density at radius 2 is 1.97 bits per heavy atom. The largest absolute Gasteiger partial charge is 0.497 e. The average Bonchev–Trinajstić information content (AvgIpc) is 3.42. The molecule has 1 amide bonds. The van der Waals surface area contributed by atoms with Crippen molar-refractivity contribution in [2.45, 2.75) is 32.9 Å². The number of fused-ring (bicyclic) bond motifs is 2. The van der Waals surface area contributed by atoms with E-state index in [1.807, 2.05) is 36.4 Å². The van der Waals surface area contributed by atoms with Crippen LogP contribution in [0.2, 0.25) is 0 Å². The van der Waals surface area contributed by atoms with E-state index in [0.717, 1.165) is 45.3 Å². The fourth-order valence-corrected chi connectivity index (χ4v) is 6.56. The van der Waals surface area contributed by atoms with Gasteiger partial charge in [-0.1, -0.05) is 18.2 Å². The van der Waals surface area contributed by atoms with Crippen LogP contribution >= 0.6 is 22.7 Å². The molecule has 176 valence electrons. The molecule has 2 aromatic carbocycles. The van der Waals surface area contributed by atoms with Crippen LogP contribution < -0.4 is 14.8 Å². The molecule has 0 bridgehead atoms. The summed E-state index contributed by atoms with van der Waals surface area (Å²) in [7, 11) is 1.61. The summed E-state index contributed by atoms with van der Waals surface area (Å²) < 4.78 is 12.1. The lowest BCUT2D eigenvalue weighted by atomic mass is 10.0. The van der Waals surface area contributed by atoms with Crippen LogP contribution in [0.1, 0.15) is 24.3 Å². The zero-order chi connectivity index (χ0) is 23.7. The SMILES string of the molecule is COc1cccc(OCC(=O)Nc2sc3c(c2-c2nc4ccccc4s2)CCN(C(C)C)C3)c1. The number of anilines is 1. The van der Waals surface area contributed by atoms with Crippen molar-refractivity contribution in [2.24, 2.45) is 0 Å². The number of carbonyl (C=O) groups is 1. The van der Waals surface area contributed by atoms with Crippen molar-refractivity contribution in [3.05, 3.63) is 59.0 Å². The predicted molar refractivity (Wildman–Crippen MR) is 139 cm³/mol. The Morgan fingerprint density at radius 1 is 1.15 bits per heavy atom. The summed E-state index contributed by atoms with van der Waals surface area (Å²) in [5, 5.41) is 4.94. The average molecular weight is 494 g/mol. The van der Waals surface area contributed by atoms with Crippen LogP contribution in [0, 0.1) is 0 Å². The second-order valence-corrected chi connectivity index (χ2v) is 10.7. The van der Waals surface area contributed by atoms with Crippen LogP contribution in [0.25, 0.3) is 20.8 Å². The lowest BCUT2D eigenvalue weighted by Crippen LogP contribution is -2.35. The number of rotatable bonds is 7. The third-order valence-electron chi connectivity index (χ3n) is 5.99. The summed E-state index contributed by atoms with van der Waals surface area (Å²) in [5.74, 6) is 1.10. The van der Waals surface area contributed by atoms with E-state index in [2.05, 4.69) is 30.1 Å². The topological polar surface area (TPSA) is 63.7 Å². The van der Waals surface area contributed by atoms with Gasteiger partial charge in [0, 0.05) is 35.6 Å². The zero-order valence-electron chi connectivity index (χ0n) is 19.5. The van der Waals surface area contributed by atoms with E-state index in [0.29, 0.717) is 17.5 Å². The number of hydrogen-bond donors (Lipinski definition) is 1. The molecule has 0 saturated heterocycles. The van der Waals surface area contributed by atoms with E-state index < -0.39 is 0 Å². The third kappa shape index (κ3) is 4.66. The zero-order valence-corrected chi connectivity index (χ0v) is 21.1. The smallest absolute Gasteiger partial charge is 0.262 e. The van der Waals surface area contributed by atoms with Gasteiger partial charge in [-0.15, -0.1) is 22.7 Å². The van der Waals surface area contributed by atoms with Gasteiger partial charge in [0.25, 0.3) is 5.91 Å². The van der Waals surface area contributed by atoms with Gasteiger partial charge < -0.3 is 14.8 Å². The highest BCUT2D eigenvalue weighted by molar-refractivity contribution is 7.22. The Balaban J connectivity index is 1.43. The van der Waals surface area contributed by atoms with Crippen LogP contribution in [0.15, 0.2) is 48.5 Å². The number of benzene rings is 2. The minimum absolute atomic E-state index is 0.0763. The molecule has 1 N–H and O–H groups in total. The Hall–Kier alpha value is -2.94. The van der Waals surface area contributed by atoms with Crippen LogP contribution in [0.4, 0.5) is 5.00 Å². The number of nitrogens with zero attached hydrogens (tertiary/aromatic N) is 2. The molecule has 0 aliphatic carbocycles. The summed E-state index contributed by atoms with van der Waals surface area (Å²) >= 11 is 3.34. The van der Waals surface area contributed by atoms with Crippen molar-refractivity contribution in [1.82, 2.24) is 9.88 Å². The molecule has 1 aliphatic rings. The second kappa shape index (κ2) is 9.74. The maximum Gasteiger partial charge on any atom is 0.262 e. The molecule has 0 atom stereocenters. The van der Waals surface area contributed by atoms with Crippen LogP contribution in [-0.4, -0.2) is 42.1 Å². The maximum absolute atomic E-state index is 12.9. The van der Waals surface area contributed by atoms with Gasteiger partial charge in [0.15, 0.2) is 6.61 Å². The summed E-state index contributed by atoms with van der Waals surface area (Å²) in [6, 6.07) is 15.9. The molecule has 0 radical (unpaired) electrons. The number of para-hydroxylation sites is 1. The summed E-state index contributed by atoms with van der Waals surface area (Å²) in [4.78, 5) is 21.6. The molecule has 0 fully saturated rings. The molecule has 1 aliphatic heterocycles. The first-order valence-electron chi connectivity index (χ1n) is 11.3. The highest BCUT2D eigenvalue weighted by atomic mass is 32.1. The fraction of sp³-hybridized carbons (Fsp3) is 0.308. The number of ether oxygens (including phenoxy) is 2. The third-order valence-corrected chi connectivity index (χ3v) is 8.17. The van der Waals surface area contributed by atoms with E-state index in [1.165, 1.54) is 10.4 Å². The maximum atomic E-state index is 12.9. The molecule has 2 aromatic heterocycles. The van der Waals surface area contributed by atoms with Crippen LogP contribution in [-0.2, 0) is 17.8 Å². The number of aromatic nitrogens is 1. The minimum atomic E-state index is -0.190. The number of hydrogen-bond acceptors (Lipinski definition) is 7. The molecule has 8 heteroatoms. The minimum Gasteiger partial charge on any atom is -0.497 e. The van der Waals surface area contributed by atoms with Gasteiger partial charge in [0.05, 0.1) is 17.3 Å². The van der Waals surface area contributed by atoms with Gasteiger partial charge in [0.1, 0.15) is 21.5 Å². The summed E-state index contributed by atoms with van der Waals surface area (Å²) in [6.07, 6.45) is 0.950. The standard InChI is InChI=1S/C26H27N3O3S2/c1-16(2)29-12-11-19-22(14-29)34-26(24(19)25-27-20-9-4-5-10-21(20)33-25)28-23(30)15-32-18-8-6-7-17(13-18)31-3/h4-10,13,16H,11-12,14-15H2,1-3H3,(H,28,30). The fourth-order valence-electron chi connectivity index (χ4n) is 4.16. The molecule has 4 aromatic rings. The number of amides is 1. The Kier molecular flexibility index (Phi) is 6.54.